The summed E-state index contributed by atoms with van der Waals surface area (Å²) in [5.41, 5.74) is 3.60. The number of hydrogen-bond donors (Lipinski definition) is 1. The molecule has 1 aromatic carbocycles. The Bertz CT molecular complexity index is 531. The SMILES string of the molecule is CNCc1c(-c2ccc(F)c(C)c2)ncn1C. The summed E-state index contributed by atoms with van der Waals surface area (Å²) >= 11 is 0. The Kier molecular flexibility index (Phi) is 3.24. The van der Waals surface area contributed by atoms with Crippen molar-refractivity contribution in [1.82, 2.24) is 14.9 Å². The molecule has 1 aromatic heterocycles. The summed E-state index contributed by atoms with van der Waals surface area (Å²) < 4.78 is 15.2. The molecule has 0 spiro atoms. The van der Waals surface area contributed by atoms with Gasteiger partial charge in [0.05, 0.1) is 17.7 Å². The number of benzene rings is 1. The average molecular weight is 233 g/mol. The fourth-order valence-corrected chi connectivity index (χ4v) is 1.86. The largest absolute Gasteiger partial charge is 0.336 e. The Hall–Kier alpha value is -1.68. The first kappa shape index (κ1) is 11.8. The highest BCUT2D eigenvalue weighted by molar-refractivity contribution is 5.62. The van der Waals surface area contributed by atoms with Crippen LogP contribution in [0, 0.1) is 12.7 Å². The topological polar surface area (TPSA) is 29.9 Å². The van der Waals surface area contributed by atoms with Gasteiger partial charge in [-0.1, -0.05) is 0 Å². The summed E-state index contributed by atoms with van der Waals surface area (Å²) in [5, 5.41) is 3.11. The minimum Gasteiger partial charge on any atom is -0.336 e. The number of aromatic nitrogens is 2. The minimum absolute atomic E-state index is 0.181. The van der Waals surface area contributed by atoms with Gasteiger partial charge < -0.3 is 9.88 Å². The number of rotatable bonds is 3. The summed E-state index contributed by atoms with van der Waals surface area (Å²) in [4.78, 5) is 4.38. The van der Waals surface area contributed by atoms with Gasteiger partial charge in [0.1, 0.15) is 5.82 Å². The average Bonchev–Trinajstić information content (AvgIpc) is 2.66. The summed E-state index contributed by atoms with van der Waals surface area (Å²) in [6.07, 6.45) is 1.78. The molecule has 0 bridgehead atoms. The Balaban J connectivity index is 2.48. The first-order chi connectivity index (χ1) is 8.13. The zero-order valence-electron chi connectivity index (χ0n) is 10.3. The van der Waals surface area contributed by atoms with Gasteiger partial charge >= 0.3 is 0 Å². The van der Waals surface area contributed by atoms with Crippen molar-refractivity contribution in [3.05, 3.63) is 41.6 Å². The minimum atomic E-state index is -0.181. The second-order valence-electron chi connectivity index (χ2n) is 4.15. The van der Waals surface area contributed by atoms with Crippen molar-refractivity contribution in [2.24, 2.45) is 7.05 Å². The third-order valence-electron chi connectivity index (χ3n) is 2.83. The second-order valence-corrected chi connectivity index (χ2v) is 4.15. The van der Waals surface area contributed by atoms with E-state index in [1.165, 1.54) is 6.07 Å². The molecule has 0 fully saturated rings. The summed E-state index contributed by atoms with van der Waals surface area (Å²) in [6.45, 7) is 2.50. The van der Waals surface area contributed by atoms with Crippen molar-refractivity contribution < 1.29 is 4.39 Å². The fourth-order valence-electron chi connectivity index (χ4n) is 1.86. The van der Waals surface area contributed by atoms with Crippen LogP contribution in [0.4, 0.5) is 4.39 Å². The summed E-state index contributed by atoms with van der Waals surface area (Å²) in [7, 11) is 3.85. The zero-order chi connectivity index (χ0) is 12.4. The van der Waals surface area contributed by atoms with Crippen LogP contribution < -0.4 is 5.32 Å². The molecule has 1 heterocycles. The first-order valence-corrected chi connectivity index (χ1v) is 5.54. The van der Waals surface area contributed by atoms with Crippen LogP contribution in [0.1, 0.15) is 11.3 Å². The monoisotopic (exact) mass is 233 g/mol. The van der Waals surface area contributed by atoms with Gasteiger partial charge in [0.2, 0.25) is 0 Å². The molecular weight excluding hydrogens is 217 g/mol. The van der Waals surface area contributed by atoms with E-state index in [1.807, 2.05) is 24.7 Å². The Morgan fingerprint density at radius 1 is 1.41 bits per heavy atom. The maximum Gasteiger partial charge on any atom is 0.126 e. The zero-order valence-corrected chi connectivity index (χ0v) is 10.3. The van der Waals surface area contributed by atoms with Gasteiger partial charge in [-0.3, -0.25) is 0 Å². The van der Waals surface area contributed by atoms with Crippen molar-refractivity contribution in [3.63, 3.8) is 0 Å². The maximum absolute atomic E-state index is 13.2. The van der Waals surface area contributed by atoms with Gasteiger partial charge in [-0.2, -0.15) is 0 Å². The molecule has 4 heteroatoms. The fraction of sp³-hybridized carbons (Fsp3) is 0.308. The maximum atomic E-state index is 13.2. The molecule has 2 aromatic rings. The predicted molar refractivity (Wildman–Crippen MR) is 66.1 cm³/mol. The molecule has 0 radical (unpaired) electrons. The van der Waals surface area contributed by atoms with Gasteiger partial charge in [0.15, 0.2) is 0 Å². The molecule has 2 rings (SSSR count). The molecule has 0 aliphatic rings. The first-order valence-electron chi connectivity index (χ1n) is 5.54. The second kappa shape index (κ2) is 4.67. The van der Waals surface area contributed by atoms with E-state index >= 15 is 0 Å². The van der Waals surface area contributed by atoms with Gasteiger partial charge in [-0.15, -0.1) is 0 Å². The molecule has 17 heavy (non-hydrogen) atoms. The van der Waals surface area contributed by atoms with Gasteiger partial charge in [-0.25, -0.2) is 9.37 Å². The van der Waals surface area contributed by atoms with Crippen LogP contribution in [0.2, 0.25) is 0 Å². The molecule has 0 aliphatic heterocycles. The van der Waals surface area contributed by atoms with E-state index in [0.29, 0.717) is 5.56 Å². The van der Waals surface area contributed by atoms with Crippen molar-refractivity contribution in [2.75, 3.05) is 7.05 Å². The quantitative estimate of drug-likeness (QED) is 0.881. The lowest BCUT2D eigenvalue weighted by Gasteiger charge is -2.06. The molecule has 0 atom stereocenters. The van der Waals surface area contributed by atoms with Crippen LogP contribution in [0.5, 0.6) is 0 Å². The highest BCUT2D eigenvalue weighted by Crippen LogP contribution is 2.23. The highest BCUT2D eigenvalue weighted by atomic mass is 19.1. The van der Waals surface area contributed by atoms with Crippen molar-refractivity contribution in [2.45, 2.75) is 13.5 Å². The third-order valence-corrected chi connectivity index (χ3v) is 2.83. The van der Waals surface area contributed by atoms with E-state index in [-0.39, 0.29) is 5.82 Å². The molecular formula is C13H16FN3. The smallest absolute Gasteiger partial charge is 0.126 e. The van der Waals surface area contributed by atoms with E-state index in [9.17, 15) is 4.39 Å². The molecule has 0 unspecified atom stereocenters. The molecule has 0 aliphatic carbocycles. The van der Waals surface area contributed by atoms with E-state index < -0.39 is 0 Å². The molecule has 0 saturated carbocycles. The van der Waals surface area contributed by atoms with Crippen LogP contribution in [-0.4, -0.2) is 16.6 Å². The Labute approximate surface area is 100 Å². The van der Waals surface area contributed by atoms with Gasteiger partial charge in [0, 0.05) is 19.2 Å². The molecule has 90 valence electrons. The van der Waals surface area contributed by atoms with Crippen LogP contribution >= 0.6 is 0 Å². The predicted octanol–water partition coefficient (Wildman–Crippen LogP) is 2.25. The Morgan fingerprint density at radius 2 is 2.18 bits per heavy atom. The number of imidazole rings is 1. The third kappa shape index (κ3) is 2.22. The number of aryl methyl sites for hydroxylation is 2. The van der Waals surface area contributed by atoms with Crippen LogP contribution in [-0.2, 0) is 13.6 Å². The van der Waals surface area contributed by atoms with Crippen molar-refractivity contribution in [3.8, 4) is 11.3 Å². The van der Waals surface area contributed by atoms with Crippen LogP contribution in [0.15, 0.2) is 24.5 Å². The lowest BCUT2D eigenvalue weighted by molar-refractivity contribution is 0.618. The van der Waals surface area contributed by atoms with Crippen molar-refractivity contribution in [1.29, 1.82) is 0 Å². The van der Waals surface area contributed by atoms with E-state index in [1.54, 1.807) is 19.3 Å². The molecule has 0 saturated heterocycles. The highest BCUT2D eigenvalue weighted by Gasteiger charge is 2.11. The number of halogens is 1. The molecule has 0 amide bonds. The Morgan fingerprint density at radius 3 is 2.82 bits per heavy atom. The van der Waals surface area contributed by atoms with E-state index in [0.717, 1.165) is 23.5 Å². The summed E-state index contributed by atoms with van der Waals surface area (Å²) in [6, 6.07) is 5.09. The van der Waals surface area contributed by atoms with Gasteiger partial charge in [-0.05, 0) is 37.7 Å². The number of nitrogens with one attached hydrogen (secondary N) is 1. The number of nitrogens with zero attached hydrogens (tertiary/aromatic N) is 2. The van der Waals surface area contributed by atoms with Crippen molar-refractivity contribution >= 4 is 0 Å². The van der Waals surface area contributed by atoms with Gasteiger partial charge in [0.25, 0.3) is 0 Å². The lowest BCUT2D eigenvalue weighted by Crippen LogP contribution is -2.09. The van der Waals surface area contributed by atoms with Crippen LogP contribution in [0.3, 0.4) is 0 Å². The normalized spacial score (nSPS) is 10.8. The lowest BCUT2D eigenvalue weighted by atomic mass is 10.1. The van der Waals surface area contributed by atoms with Crippen LogP contribution in [0.25, 0.3) is 11.3 Å². The standard InChI is InChI=1S/C13H16FN3/c1-9-6-10(4-5-11(9)14)13-12(7-15-2)17(3)8-16-13/h4-6,8,15H,7H2,1-3H3. The summed E-state index contributed by atoms with van der Waals surface area (Å²) in [5.74, 6) is -0.181. The molecule has 3 nitrogen and oxygen atoms in total. The molecule has 1 N–H and O–H groups in total. The van der Waals surface area contributed by atoms with E-state index in [4.69, 9.17) is 0 Å². The van der Waals surface area contributed by atoms with E-state index in [2.05, 4.69) is 10.3 Å². The number of hydrogen-bond acceptors (Lipinski definition) is 2.